The maximum Gasteiger partial charge on any atom is 0.0968 e. The average Bonchev–Trinajstić information content (AvgIpc) is 2.19. The summed E-state index contributed by atoms with van der Waals surface area (Å²) < 4.78 is 13.2. The Kier molecular flexibility index (Phi) is 2.40. The zero-order chi connectivity index (χ0) is 10.0. The summed E-state index contributed by atoms with van der Waals surface area (Å²) in [5.74, 6) is 0.0441. The van der Waals surface area contributed by atoms with Gasteiger partial charge in [-0.3, -0.25) is 0 Å². The molecule has 1 heteroatoms. The van der Waals surface area contributed by atoms with Crippen LogP contribution >= 0.6 is 0 Å². The van der Waals surface area contributed by atoms with Crippen molar-refractivity contribution in [3.63, 3.8) is 0 Å². The molecule has 0 aromatic heterocycles. The molecule has 1 atom stereocenters. The number of rotatable bonds is 1. The molecule has 14 heavy (non-hydrogen) atoms. The van der Waals surface area contributed by atoms with Gasteiger partial charge in [-0.25, -0.2) is 4.39 Å². The average molecular weight is 190 g/mol. The molecular formula is C13H15F. The first kappa shape index (κ1) is 9.45. The Morgan fingerprint density at radius 3 is 2.57 bits per heavy atom. The van der Waals surface area contributed by atoms with Crippen LogP contribution in [0.3, 0.4) is 0 Å². The lowest BCUT2D eigenvalue weighted by Gasteiger charge is -2.30. The van der Waals surface area contributed by atoms with E-state index in [4.69, 9.17) is 0 Å². The highest BCUT2D eigenvalue weighted by Crippen LogP contribution is 2.37. The largest absolute Gasteiger partial charge is 0.212 e. The van der Waals surface area contributed by atoms with Gasteiger partial charge >= 0.3 is 0 Å². The fourth-order valence-electron chi connectivity index (χ4n) is 2.16. The van der Waals surface area contributed by atoms with Gasteiger partial charge in [-0.1, -0.05) is 37.3 Å². The van der Waals surface area contributed by atoms with E-state index >= 15 is 0 Å². The van der Waals surface area contributed by atoms with Crippen LogP contribution in [0.25, 0.3) is 0 Å². The van der Waals surface area contributed by atoms with E-state index in [1.165, 1.54) is 5.56 Å². The van der Waals surface area contributed by atoms with Gasteiger partial charge in [0.15, 0.2) is 0 Å². The Balaban J connectivity index is 2.37. The molecule has 74 valence electrons. The summed E-state index contributed by atoms with van der Waals surface area (Å²) in [6.45, 7) is 2.11. The molecule has 2 rings (SSSR count). The molecular weight excluding hydrogens is 175 g/mol. The highest BCUT2D eigenvalue weighted by molar-refractivity contribution is 5.31. The van der Waals surface area contributed by atoms with Crippen LogP contribution in [0.15, 0.2) is 42.2 Å². The van der Waals surface area contributed by atoms with E-state index in [2.05, 4.69) is 19.1 Å². The van der Waals surface area contributed by atoms with E-state index in [0.717, 1.165) is 12.8 Å². The van der Waals surface area contributed by atoms with Gasteiger partial charge in [-0.2, -0.15) is 0 Å². The van der Waals surface area contributed by atoms with E-state index in [1.807, 2.05) is 18.2 Å². The van der Waals surface area contributed by atoms with E-state index in [-0.39, 0.29) is 11.2 Å². The van der Waals surface area contributed by atoms with Crippen LogP contribution in [-0.4, -0.2) is 0 Å². The number of allylic oxidation sites excluding steroid dienone is 2. The Morgan fingerprint density at radius 2 is 1.93 bits per heavy atom. The molecule has 0 nitrogen and oxygen atoms in total. The third-order valence-corrected chi connectivity index (χ3v) is 3.02. The first-order valence-electron chi connectivity index (χ1n) is 5.13. The SMILES string of the molecule is CC1(c2ccccc2)C=C(F)CCC1. The highest BCUT2D eigenvalue weighted by Gasteiger charge is 2.27. The summed E-state index contributed by atoms with van der Waals surface area (Å²) in [5.41, 5.74) is 1.12. The van der Waals surface area contributed by atoms with Gasteiger partial charge in [0.1, 0.15) is 0 Å². The van der Waals surface area contributed by atoms with Crippen LogP contribution in [0.5, 0.6) is 0 Å². The van der Waals surface area contributed by atoms with E-state index in [9.17, 15) is 4.39 Å². The third kappa shape index (κ3) is 1.72. The monoisotopic (exact) mass is 190 g/mol. The second kappa shape index (κ2) is 3.56. The van der Waals surface area contributed by atoms with Crippen molar-refractivity contribution in [3.8, 4) is 0 Å². The number of hydrogen-bond acceptors (Lipinski definition) is 0. The van der Waals surface area contributed by atoms with Crippen LogP contribution in [0.1, 0.15) is 31.7 Å². The lowest BCUT2D eigenvalue weighted by atomic mass is 9.75. The van der Waals surface area contributed by atoms with Gasteiger partial charge in [0, 0.05) is 5.41 Å². The molecule has 0 fully saturated rings. The van der Waals surface area contributed by atoms with E-state index < -0.39 is 0 Å². The van der Waals surface area contributed by atoms with Crippen LogP contribution in [0.4, 0.5) is 4.39 Å². The Labute approximate surface area is 84.5 Å². The third-order valence-electron chi connectivity index (χ3n) is 3.02. The van der Waals surface area contributed by atoms with Crippen molar-refractivity contribution in [3.05, 3.63) is 47.8 Å². The standard InChI is InChI=1S/C13H15F/c1-13(9-5-8-12(14)10-13)11-6-3-2-4-7-11/h2-4,6-7,10H,5,8-9H2,1H3. The maximum atomic E-state index is 13.2. The second-order valence-corrected chi connectivity index (χ2v) is 4.23. The molecule has 0 saturated carbocycles. The molecule has 0 heterocycles. The Morgan fingerprint density at radius 1 is 1.21 bits per heavy atom. The van der Waals surface area contributed by atoms with Gasteiger partial charge in [0.25, 0.3) is 0 Å². The molecule has 0 aliphatic heterocycles. The number of benzene rings is 1. The highest BCUT2D eigenvalue weighted by atomic mass is 19.1. The molecule has 1 unspecified atom stereocenters. The Hall–Kier alpha value is -1.11. The molecule has 0 radical (unpaired) electrons. The van der Waals surface area contributed by atoms with Gasteiger partial charge in [0.05, 0.1) is 5.83 Å². The van der Waals surface area contributed by atoms with Crippen molar-refractivity contribution in [2.45, 2.75) is 31.6 Å². The van der Waals surface area contributed by atoms with Gasteiger partial charge < -0.3 is 0 Å². The topological polar surface area (TPSA) is 0 Å². The lowest BCUT2D eigenvalue weighted by Crippen LogP contribution is -2.22. The summed E-state index contributed by atoms with van der Waals surface area (Å²) in [6, 6.07) is 10.2. The van der Waals surface area contributed by atoms with Crippen LogP contribution < -0.4 is 0 Å². The lowest BCUT2D eigenvalue weighted by molar-refractivity contribution is 0.432. The first-order chi connectivity index (χ1) is 6.71. The molecule has 0 spiro atoms. The fraction of sp³-hybridized carbons (Fsp3) is 0.385. The van der Waals surface area contributed by atoms with Crippen LogP contribution in [0, 0.1) is 0 Å². The van der Waals surface area contributed by atoms with E-state index in [1.54, 1.807) is 6.08 Å². The molecule has 0 saturated heterocycles. The minimum Gasteiger partial charge on any atom is -0.212 e. The van der Waals surface area contributed by atoms with Crippen LogP contribution in [0.2, 0.25) is 0 Å². The molecule has 1 aliphatic rings. The predicted octanol–water partition coefficient (Wildman–Crippen LogP) is 3.98. The summed E-state index contributed by atoms with van der Waals surface area (Å²) >= 11 is 0. The molecule has 0 N–H and O–H groups in total. The van der Waals surface area contributed by atoms with Crippen molar-refractivity contribution in [1.29, 1.82) is 0 Å². The molecule has 0 amide bonds. The van der Waals surface area contributed by atoms with Crippen molar-refractivity contribution >= 4 is 0 Å². The minimum atomic E-state index is -0.0937. The fourth-order valence-corrected chi connectivity index (χ4v) is 2.16. The van der Waals surface area contributed by atoms with Crippen molar-refractivity contribution in [1.82, 2.24) is 0 Å². The second-order valence-electron chi connectivity index (χ2n) is 4.23. The number of hydrogen-bond donors (Lipinski definition) is 0. The molecule has 1 aromatic carbocycles. The Bertz CT molecular complexity index is 340. The van der Waals surface area contributed by atoms with Gasteiger partial charge in [0.2, 0.25) is 0 Å². The zero-order valence-corrected chi connectivity index (χ0v) is 8.46. The normalized spacial score (nSPS) is 27.1. The van der Waals surface area contributed by atoms with Crippen molar-refractivity contribution < 1.29 is 4.39 Å². The summed E-state index contributed by atoms with van der Waals surface area (Å²) in [5, 5.41) is 0. The van der Waals surface area contributed by atoms with Gasteiger partial charge in [-0.05, 0) is 30.9 Å². The summed E-state index contributed by atoms with van der Waals surface area (Å²) in [4.78, 5) is 0. The summed E-state index contributed by atoms with van der Waals surface area (Å²) in [7, 11) is 0. The molecule has 0 bridgehead atoms. The van der Waals surface area contributed by atoms with Crippen molar-refractivity contribution in [2.75, 3.05) is 0 Å². The zero-order valence-electron chi connectivity index (χ0n) is 8.46. The molecule has 1 aromatic rings. The van der Waals surface area contributed by atoms with E-state index in [0.29, 0.717) is 6.42 Å². The predicted molar refractivity (Wildman–Crippen MR) is 56.8 cm³/mol. The van der Waals surface area contributed by atoms with Crippen LogP contribution in [-0.2, 0) is 5.41 Å². The number of halogens is 1. The maximum absolute atomic E-state index is 13.2. The van der Waals surface area contributed by atoms with Gasteiger partial charge in [-0.15, -0.1) is 0 Å². The first-order valence-corrected chi connectivity index (χ1v) is 5.13. The quantitative estimate of drug-likeness (QED) is 0.628. The summed E-state index contributed by atoms with van der Waals surface area (Å²) in [6.07, 6.45) is 4.40. The van der Waals surface area contributed by atoms with Crippen molar-refractivity contribution in [2.24, 2.45) is 0 Å². The smallest absolute Gasteiger partial charge is 0.0968 e. The molecule has 1 aliphatic carbocycles. The minimum absolute atomic E-state index is 0.0441.